The van der Waals surface area contributed by atoms with Gasteiger partial charge < -0.3 is 133 Å². The van der Waals surface area contributed by atoms with Gasteiger partial charge in [0.1, 0.15) is 72.2 Å². The molecule has 0 bridgehead atoms. The van der Waals surface area contributed by atoms with Crippen molar-refractivity contribution in [3.63, 3.8) is 0 Å². The number of phenolic OH excluding ortho intramolecular Hbond substituents is 1. The molecule has 0 fully saturated rings. The zero-order valence-electron chi connectivity index (χ0n) is 66.2. The maximum atomic E-state index is 14.5. The summed E-state index contributed by atoms with van der Waals surface area (Å²) in [6.07, 6.45) is -4.24. The zero-order valence-corrected chi connectivity index (χ0v) is 66.2. The van der Waals surface area contributed by atoms with Crippen molar-refractivity contribution in [1.29, 1.82) is 0 Å². The Hall–Kier alpha value is -11.8. The van der Waals surface area contributed by atoms with Gasteiger partial charge in [0.05, 0.1) is 57.3 Å². The lowest BCUT2D eigenvalue weighted by Gasteiger charge is -2.29. The highest BCUT2D eigenvalue weighted by Gasteiger charge is 2.38. The predicted molar refractivity (Wildman–Crippen MR) is 421 cm³/mol. The molecule has 0 unspecified atom stereocenters. The van der Waals surface area contributed by atoms with E-state index < -0.39 is 230 Å². The topological polar surface area (TPSA) is 704 Å². The summed E-state index contributed by atoms with van der Waals surface area (Å²) in [5.74, 6) is -20.8. The van der Waals surface area contributed by atoms with E-state index in [1.807, 2.05) is 34.3 Å². The van der Waals surface area contributed by atoms with Crippen LogP contribution in [-0.2, 0) is 101 Å². The van der Waals surface area contributed by atoms with Gasteiger partial charge in [0.25, 0.3) is 0 Å². The molecular formula is C76H114N18O24. The number of aliphatic hydroxyl groups excluding tert-OH is 3. The zero-order chi connectivity index (χ0) is 88.1. The molecule has 0 saturated carbocycles. The van der Waals surface area contributed by atoms with Crippen LogP contribution in [0.25, 0.3) is 0 Å². The van der Waals surface area contributed by atoms with E-state index in [2.05, 4.69) is 53.2 Å². The summed E-state index contributed by atoms with van der Waals surface area (Å²) in [5.41, 5.74) is 25.3. The minimum atomic E-state index is -2.10. The lowest BCUT2D eigenvalue weighted by molar-refractivity contribution is -0.142. The fraction of sp³-hybridized carbons (Fsp3) is 0.539. The summed E-state index contributed by atoms with van der Waals surface area (Å²) in [4.78, 5) is 228. The van der Waals surface area contributed by atoms with Gasteiger partial charge in [0.15, 0.2) is 0 Å². The van der Waals surface area contributed by atoms with E-state index in [9.17, 15) is 117 Å². The van der Waals surface area contributed by atoms with Crippen LogP contribution in [-0.4, -0.2) is 267 Å². The van der Waals surface area contributed by atoms with Crippen molar-refractivity contribution in [2.24, 2.45) is 28.9 Å². The Bertz CT molecular complexity index is 3830. The number of rotatable bonds is 56. The van der Waals surface area contributed by atoms with E-state index in [0.717, 1.165) is 19.4 Å². The summed E-state index contributed by atoms with van der Waals surface area (Å²) in [6.45, 7) is 1.96. The number of aromatic hydroxyl groups is 1. The first kappa shape index (κ1) is 100. The fourth-order valence-electron chi connectivity index (χ4n) is 11.5. The summed E-state index contributed by atoms with van der Waals surface area (Å²) in [7, 11) is 0. The summed E-state index contributed by atoms with van der Waals surface area (Å²) in [6, 6.07) is 3.20. The number of aliphatic carboxylic acids is 3. The molecule has 0 spiro atoms. The number of carbonyl (C=O) groups excluding carboxylic acids is 14. The van der Waals surface area contributed by atoms with E-state index in [4.69, 9.17) is 22.9 Å². The van der Waals surface area contributed by atoms with Crippen molar-refractivity contribution >= 4 is 101 Å². The Balaban J connectivity index is 1.76. The van der Waals surface area contributed by atoms with Crippen LogP contribution in [0, 0.1) is 5.92 Å². The second-order valence-electron chi connectivity index (χ2n) is 28.1. The number of nitrogens with one attached hydrogen (secondary N) is 14. The van der Waals surface area contributed by atoms with Gasteiger partial charge in [-0.15, -0.1) is 0 Å². The number of carbonyl (C=O) groups is 17. The Morgan fingerprint density at radius 1 is 0.356 bits per heavy atom. The van der Waals surface area contributed by atoms with Gasteiger partial charge in [0.2, 0.25) is 82.7 Å². The van der Waals surface area contributed by atoms with Crippen LogP contribution in [0.5, 0.6) is 5.75 Å². The third kappa shape index (κ3) is 37.4. The highest BCUT2D eigenvalue weighted by atomic mass is 16.4. The normalized spacial score (nSPS) is 14.8. The van der Waals surface area contributed by atoms with E-state index in [0.29, 0.717) is 36.8 Å². The van der Waals surface area contributed by atoms with Crippen molar-refractivity contribution < 1.29 is 117 Å². The Kier molecular flexibility index (Phi) is 45.4. The molecule has 42 heteroatoms. The fourth-order valence-corrected chi connectivity index (χ4v) is 11.5. The predicted octanol–water partition coefficient (Wildman–Crippen LogP) is -7.35. The molecule has 0 saturated heterocycles. The van der Waals surface area contributed by atoms with Crippen LogP contribution in [0.15, 0.2) is 84.9 Å². The van der Waals surface area contributed by atoms with Gasteiger partial charge in [-0.1, -0.05) is 93.1 Å². The minimum absolute atomic E-state index is 0.0337. The lowest BCUT2D eigenvalue weighted by Crippen LogP contribution is -2.61. The largest absolute Gasteiger partial charge is 0.508 e. The number of carboxylic acid groups (broad SMARTS) is 3. The van der Waals surface area contributed by atoms with Crippen LogP contribution in [0.4, 0.5) is 0 Å². The third-order valence-corrected chi connectivity index (χ3v) is 18.4. The molecule has 14 amide bonds. The summed E-state index contributed by atoms with van der Waals surface area (Å²) >= 11 is 0. The second kappa shape index (κ2) is 53.4. The first-order chi connectivity index (χ1) is 55.9. The molecule has 3 aromatic rings. The monoisotopic (exact) mass is 1660 g/mol. The van der Waals surface area contributed by atoms with Crippen LogP contribution in [0.1, 0.15) is 121 Å². The highest BCUT2D eigenvalue weighted by molar-refractivity contribution is 6.00. The molecule has 15 atom stereocenters. The van der Waals surface area contributed by atoms with Crippen LogP contribution >= 0.6 is 0 Å². The Morgan fingerprint density at radius 2 is 0.686 bits per heavy atom. The highest BCUT2D eigenvalue weighted by Crippen LogP contribution is 2.16. The van der Waals surface area contributed by atoms with Gasteiger partial charge in [-0.3, -0.25) is 76.7 Å². The van der Waals surface area contributed by atoms with Gasteiger partial charge in [-0.05, 0) is 132 Å². The molecule has 0 aliphatic heterocycles. The van der Waals surface area contributed by atoms with E-state index in [1.54, 1.807) is 61.5 Å². The van der Waals surface area contributed by atoms with Gasteiger partial charge in [0, 0.05) is 12.8 Å². The van der Waals surface area contributed by atoms with Crippen molar-refractivity contribution in [1.82, 2.24) is 74.4 Å². The number of hydrogen-bond acceptors (Lipinski definition) is 25. The molecule has 0 radical (unpaired) electrons. The molecule has 118 heavy (non-hydrogen) atoms. The summed E-state index contributed by atoms with van der Waals surface area (Å²) < 4.78 is 0. The van der Waals surface area contributed by atoms with E-state index >= 15 is 0 Å². The number of benzene rings is 3. The minimum Gasteiger partial charge on any atom is -0.508 e. The number of phenols is 1. The standard InChI is InChI=1S/C76H114N18O24/c1-5-41(2)62(93-65(106)48(80)32-44-18-8-6-9-19-44)73(114)87-51(24-14-17-31-79)69(110)86-50(23-13-16-30-78)70(111)88-52(33-46-25-27-47(98)28-26-46)66(107)81-37-57(99)84-49(22-12-15-29-77)71(112)94-64(43(4)97)75(116)90-54(36-61(104)105)68(109)83-39-59(101)92-63(42(3)96)74(115)89-53(35-60(102)103)67(108)82-38-58(100)85-56(40-95)72(113)91-55(76(117)118)34-45-20-10-7-11-21-45/h6-11,18-21,25-28,41-43,48-56,62-64,95-98H,5,12-17,22-24,29-40,77-80H2,1-4H3,(H,81,107)(H,82,108)(H,83,109)(H,84,99)(H,85,100)(H,86,110)(H,87,114)(H,88,111)(H,89,115)(H,90,116)(H,91,113)(H,92,101)(H,93,106)(H,94,112)(H,102,103)(H,104,105)(H,117,118)/t41-,42+,43+,48-,49-,50-,51-,52-,53-,54-,55-,56-,62-,63-,64-/m0/s1. The number of hydrogen-bond donors (Lipinski definition) is 25. The molecule has 0 aliphatic rings. The maximum absolute atomic E-state index is 14.5. The lowest BCUT2D eigenvalue weighted by atomic mass is 9.96. The average Bonchev–Trinajstić information content (AvgIpc) is 0.855. The molecule has 0 aromatic heterocycles. The van der Waals surface area contributed by atoms with Crippen molar-refractivity contribution in [3.8, 4) is 5.75 Å². The second-order valence-corrected chi connectivity index (χ2v) is 28.1. The first-order valence-electron chi connectivity index (χ1n) is 38.4. The number of carboxylic acids is 3. The molecule has 652 valence electrons. The van der Waals surface area contributed by atoms with Crippen molar-refractivity contribution in [2.45, 2.75) is 209 Å². The first-order valence-corrected chi connectivity index (χ1v) is 38.4. The maximum Gasteiger partial charge on any atom is 0.326 e. The van der Waals surface area contributed by atoms with E-state index in [1.165, 1.54) is 24.3 Å². The number of unbranched alkanes of at least 4 members (excludes halogenated alkanes) is 3. The van der Waals surface area contributed by atoms with Gasteiger partial charge in [-0.2, -0.15) is 0 Å². The Morgan fingerprint density at radius 3 is 1.10 bits per heavy atom. The van der Waals surface area contributed by atoms with Crippen LogP contribution < -0.4 is 97.4 Å². The van der Waals surface area contributed by atoms with Crippen molar-refractivity contribution in [2.75, 3.05) is 45.9 Å². The SMILES string of the molecule is CC[C@H](C)[C@H](NC(=O)[C@@H](N)Cc1ccccc1)C(=O)N[C@@H](CCCCN)C(=O)N[C@@H](CCCCN)C(=O)N[C@@H](Cc1ccc(O)cc1)C(=O)NCC(=O)N[C@@H](CCCCN)C(=O)N[C@H](C(=O)N[C@@H](CC(=O)O)C(=O)NCC(=O)N[C@H](C(=O)N[C@@H](CC(=O)O)C(=O)NCC(=O)N[C@@H](CO)C(=O)N[C@@H](Cc1ccccc1)C(=O)O)[C@@H](C)O)[C@@H](C)O. The Labute approximate surface area is 680 Å². The molecule has 29 N–H and O–H groups in total. The van der Waals surface area contributed by atoms with E-state index in [-0.39, 0.29) is 83.2 Å². The number of amides is 14. The van der Waals surface area contributed by atoms with Crippen LogP contribution in [0.2, 0.25) is 0 Å². The molecule has 3 aromatic carbocycles. The smallest absolute Gasteiger partial charge is 0.326 e. The molecule has 3 rings (SSSR count). The van der Waals surface area contributed by atoms with Crippen molar-refractivity contribution in [3.05, 3.63) is 102 Å². The third-order valence-electron chi connectivity index (χ3n) is 18.4. The van der Waals surface area contributed by atoms with Gasteiger partial charge >= 0.3 is 17.9 Å². The number of nitrogens with two attached hydrogens (primary N) is 4. The molecule has 0 heterocycles. The molecule has 42 nitrogen and oxygen atoms in total. The quantitative estimate of drug-likeness (QED) is 0.0234. The average molecular weight is 1660 g/mol. The number of aliphatic hydroxyl groups is 3. The molecule has 0 aliphatic carbocycles. The summed E-state index contributed by atoms with van der Waals surface area (Å²) in [5, 5.41) is 103. The van der Waals surface area contributed by atoms with Gasteiger partial charge in [-0.25, -0.2) is 4.79 Å². The van der Waals surface area contributed by atoms with Crippen LogP contribution in [0.3, 0.4) is 0 Å². The molecular weight excluding hydrogens is 1550 g/mol.